The zero-order chi connectivity index (χ0) is 20.1. The molecular formula is C23H27N3O3. The summed E-state index contributed by atoms with van der Waals surface area (Å²) in [6.45, 7) is 3.71. The number of nitrogens with zero attached hydrogens (tertiary/aromatic N) is 3. The van der Waals surface area contributed by atoms with Crippen LogP contribution in [0.25, 0.3) is 0 Å². The second-order valence-corrected chi connectivity index (χ2v) is 7.81. The van der Waals surface area contributed by atoms with Crippen molar-refractivity contribution in [1.82, 2.24) is 14.8 Å². The van der Waals surface area contributed by atoms with Gasteiger partial charge in [-0.25, -0.2) is 0 Å². The molecule has 2 fully saturated rings. The number of likely N-dealkylation sites (tertiary alicyclic amines) is 2. The van der Waals surface area contributed by atoms with Gasteiger partial charge in [-0.3, -0.25) is 14.6 Å². The molecule has 1 aromatic heterocycles. The maximum absolute atomic E-state index is 12.6. The molecule has 0 aliphatic carbocycles. The summed E-state index contributed by atoms with van der Waals surface area (Å²) in [4.78, 5) is 33.0. The number of carbonyl (C=O) groups excluding carboxylic acids is 2. The van der Waals surface area contributed by atoms with E-state index in [0.717, 1.165) is 51.1 Å². The van der Waals surface area contributed by atoms with E-state index in [1.807, 2.05) is 46.2 Å². The van der Waals surface area contributed by atoms with Gasteiger partial charge < -0.3 is 14.5 Å². The van der Waals surface area contributed by atoms with Crippen LogP contribution < -0.4 is 4.74 Å². The Kier molecular flexibility index (Phi) is 6.08. The molecule has 29 heavy (non-hydrogen) atoms. The van der Waals surface area contributed by atoms with Crippen LogP contribution in [0.4, 0.5) is 0 Å². The van der Waals surface area contributed by atoms with Gasteiger partial charge in [-0.15, -0.1) is 0 Å². The monoisotopic (exact) mass is 393 g/mol. The number of ether oxygens (including phenoxy) is 1. The molecule has 1 atom stereocenters. The first-order valence-corrected chi connectivity index (χ1v) is 10.4. The molecule has 2 saturated heterocycles. The molecule has 1 unspecified atom stereocenters. The Morgan fingerprint density at radius 2 is 1.69 bits per heavy atom. The third kappa shape index (κ3) is 4.75. The van der Waals surface area contributed by atoms with E-state index < -0.39 is 0 Å². The largest absolute Gasteiger partial charge is 0.493 e. The van der Waals surface area contributed by atoms with Crippen molar-refractivity contribution >= 4 is 11.8 Å². The van der Waals surface area contributed by atoms with Gasteiger partial charge in [0, 0.05) is 43.9 Å². The number of aromatic nitrogens is 1. The fraction of sp³-hybridized carbons (Fsp3) is 0.435. The third-order valence-corrected chi connectivity index (χ3v) is 5.67. The third-order valence-electron chi connectivity index (χ3n) is 5.67. The first kappa shape index (κ1) is 19.4. The maximum atomic E-state index is 12.6. The molecule has 0 N–H and O–H groups in total. The van der Waals surface area contributed by atoms with Crippen LogP contribution in [0.3, 0.4) is 0 Å². The summed E-state index contributed by atoms with van der Waals surface area (Å²) in [6, 6.07) is 12.8. The summed E-state index contributed by atoms with van der Waals surface area (Å²) >= 11 is 0. The van der Waals surface area contributed by atoms with Gasteiger partial charge in [0.25, 0.3) is 11.8 Å². The molecule has 2 aromatic rings. The highest BCUT2D eigenvalue weighted by molar-refractivity contribution is 5.94. The summed E-state index contributed by atoms with van der Waals surface area (Å²) in [5.74, 6) is 1.14. The molecule has 1 aromatic carbocycles. The second kappa shape index (κ2) is 9.07. The van der Waals surface area contributed by atoms with E-state index in [4.69, 9.17) is 4.74 Å². The van der Waals surface area contributed by atoms with Crippen molar-refractivity contribution in [1.29, 1.82) is 0 Å². The van der Waals surface area contributed by atoms with Gasteiger partial charge in [0.05, 0.1) is 6.61 Å². The van der Waals surface area contributed by atoms with Crippen LogP contribution in [0.5, 0.6) is 5.75 Å². The Bertz CT molecular complexity index is 832. The van der Waals surface area contributed by atoms with E-state index in [9.17, 15) is 9.59 Å². The minimum Gasteiger partial charge on any atom is -0.493 e. The molecule has 6 heteroatoms. The van der Waals surface area contributed by atoms with E-state index in [2.05, 4.69) is 4.98 Å². The van der Waals surface area contributed by atoms with Gasteiger partial charge in [0.2, 0.25) is 0 Å². The van der Waals surface area contributed by atoms with Crippen molar-refractivity contribution < 1.29 is 14.3 Å². The van der Waals surface area contributed by atoms with Gasteiger partial charge in [0.1, 0.15) is 11.4 Å². The molecular weight excluding hydrogens is 366 g/mol. The van der Waals surface area contributed by atoms with Gasteiger partial charge in [-0.05, 0) is 62.1 Å². The quantitative estimate of drug-likeness (QED) is 0.782. The van der Waals surface area contributed by atoms with Crippen LogP contribution >= 0.6 is 0 Å². The summed E-state index contributed by atoms with van der Waals surface area (Å²) in [6.07, 6.45) is 5.84. The Balaban J connectivity index is 1.29. The SMILES string of the molecule is O=C(c1ccc(OCC2CCCN(C(=O)c3ccccn3)C2)cc1)N1CCCC1. The Morgan fingerprint density at radius 1 is 0.931 bits per heavy atom. The van der Waals surface area contributed by atoms with Crippen LogP contribution in [0.1, 0.15) is 46.5 Å². The standard InChI is InChI=1S/C23H27N3O3/c27-22(25-13-3-4-14-25)19-8-10-20(11-9-19)29-17-18-6-5-15-26(16-18)23(28)21-7-1-2-12-24-21/h1-2,7-12,18H,3-6,13-17H2. The smallest absolute Gasteiger partial charge is 0.272 e. The molecule has 0 spiro atoms. The van der Waals surface area contributed by atoms with Crippen LogP contribution in [0.15, 0.2) is 48.7 Å². The Hall–Kier alpha value is -2.89. The van der Waals surface area contributed by atoms with E-state index in [1.165, 1.54) is 0 Å². The van der Waals surface area contributed by atoms with Gasteiger partial charge >= 0.3 is 0 Å². The summed E-state index contributed by atoms with van der Waals surface area (Å²) < 4.78 is 5.96. The number of amides is 2. The molecule has 2 amide bonds. The lowest BCUT2D eigenvalue weighted by Gasteiger charge is -2.32. The molecule has 4 rings (SSSR count). The molecule has 2 aliphatic heterocycles. The maximum Gasteiger partial charge on any atom is 0.272 e. The highest BCUT2D eigenvalue weighted by atomic mass is 16.5. The lowest BCUT2D eigenvalue weighted by Crippen LogP contribution is -2.41. The molecule has 152 valence electrons. The number of hydrogen-bond donors (Lipinski definition) is 0. The van der Waals surface area contributed by atoms with E-state index in [1.54, 1.807) is 12.3 Å². The van der Waals surface area contributed by atoms with Gasteiger partial charge in [0.15, 0.2) is 0 Å². The lowest BCUT2D eigenvalue weighted by molar-refractivity contribution is 0.0627. The predicted molar refractivity (Wildman–Crippen MR) is 110 cm³/mol. The van der Waals surface area contributed by atoms with Gasteiger partial charge in [-0.1, -0.05) is 6.07 Å². The van der Waals surface area contributed by atoms with E-state index >= 15 is 0 Å². The van der Waals surface area contributed by atoms with Crippen LogP contribution in [-0.4, -0.2) is 59.4 Å². The topological polar surface area (TPSA) is 62.7 Å². The van der Waals surface area contributed by atoms with E-state index in [-0.39, 0.29) is 11.8 Å². The van der Waals surface area contributed by atoms with Crippen molar-refractivity contribution in [2.75, 3.05) is 32.8 Å². The van der Waals surface area contributed by atoms with Crippen LogP contribution in [0, 0.1) is 5.92 Å². The lowest BCUT2D eigenvalue weighted by atomic mass is 9.98. The zero-order valence-corrected chi connectivity index (χ0v) is 16.6. The second-order valence-electron chi connectivity index (χ2n) is 7.81. The van der Waals surface area contributed by atoms with Crippen molar-refractivity contribution in [3.8, 4) is 5.75 Å². The average molecular weight is 393 g/mol. The minimum absolute atomic E-state index is 0.0138. The summed E-state index contributed by atoms with van der Waals surface area (Å²) in [7, 11) is 0. The normalized spacial score (nSPS) is 19.2. The number of rotatable bonds is 5. The van der Waals surface area contributed by atoms with Crippen molar-refractivity contribution in [2.24, 2.45) is 5.92 Å². The first-order valence-electron chi connectivity index (χ1n) is 10.4. The molecule has 0 saturated carbocycles. The average Bonchev–Trinajstić information content (AvgIpc) is 3.33. The number of pyridine rings is 1. The summed E-state index contributed by atoms with van der Waals surface area (Å²) in [5, 5.41) is 0. The highest BCUT2D eigenvalue weighted by Gasteiger charge is 2.25. The van der Waals surface area contributed by atoms with Crippen LogP contribution in [0.2, 0.25) is 0 Å². The Labute approximate surface area is 171 Å². The first-order chi connectivity index (χ1) is 14.2. The molecule has 2 aliphatic rings. The molecule has 0 radical (unpaired) electrons. The molecule has 6 nitrogen and oxygen atoms in total. The fourth-order valence-electron chi connectivity index (χ4n) is 4.05. The van der Waals surface area contributed by atoms with Crippen molar-refractivity contribution in [3.63, 3.8) is 0 Å². The van der Waals surface area contributed by atoms with Gasteiger partial charge in [-0.2, -0.15) is 0 Å². The van der Waals surface area contributed by atoms with Crippen molar-refractivity contribution in [2.45, 2.75) is 25.7 Å². The predicted octanol–water partition coefficient (Wildman–Crippen LogP) is 3.25. The number of hydrogen-bond acceptors (Lipinski definition) is 4. The van der Waals surface area contributed by atoms with Crippen LogP contribution in [-0.2, 0) is 0 Å². The molecule has 0 bridgehead atoms. The van der Waals surface area contributed by atoms with Crippen molar-refractivity contribution in [3.05, 3.63) is 59.9 Å². The Morgan fingerprint density at radius 3 is 2.41 bits per heavy atom. The number of piperidine rings is 1. The fourth-order valence-corrected chi connectivity index (χ4v) is 4.05. The number of carbonyl (C=O) groups is 2. The number of benzene rings is 1. The summed E-state index contributed by atoms with van der Waals surface area (Å²) in [5.41, 5.74) is 1.20. The minimum atomic E-state index is -0.0138. The molecule has 3 heterocycles. The van der Waals surface area contributed by atoms with E-state index in [0.29, 0.717) is 30.3 Å². The zero-order valence-electron chi connectivity index (χ0n) is 16.6. The highest BCUT2D eigenvalue weighted by Crippen LogP contribution is 2.21.